The summed E-state index contributed by atoms with van der Waals surface area (Å²) < 4.78 is 76.3. The molecule has 0 aliphatic carbocycles. The fraction of sp³-hybridized carbons (Fsp3) is 0.538. The highest BCUT2D eigenvalue weighted by atomic mass is 19.4. The van der Waals surface area contributed by atoms with Crippen LogP contribution in [0.4, 0.5) is 32.0 Å². The van der Waals surface area contributed by atoms with Crippen LogP contribution in [0.15, 0.2) is 18.2 Å². The fourth-order valence-corrected chi connectivity index (χ4v) is 1.99. The standard InChI is InChI=1S/C13H16F6N2/c1-2-5-21(8-12(14,15)16)10-4-3-9(7-20)11(6-10)13(17,18)19/h3-4,6H,2,5,7-8,20H2,1H3. The van der Waals surface area contributed by atoms with Crippen LogP contribution >= 0.6 is 0 Å². The lowest BCUT2D eigenvalue weighted by atomic mass is 10.1. The first kappa shape index (κ1) is 17.6. The van der Waals surface area contributed by atoms with E-state index in [1.54, 1.807) is 6.92 Å². The van der Waals surface area contributed by atoms with Gasteiger partial charge in [0.1, 0.15) is 6.54 Å². The Hall–Kier alpha value is -1.44. The van der Waals surface area contributed by atoms with Crippen LogP contribution in [0.2, 0.25) is 0 Å². The molecular formula is C13H16F6N2. The third-order valence-corrected chi connectivity index (χ3v) is 2.85. The van der Waals surface area contributed by atoms with E-state index in [9.17, 15) is 26.3 Å². The molecule has 0 radical (unpaired) electrons. The lowest BCUT2D eigenvalue weighted by molar-refractivity contribution is -0.138. The molecule has 0 unspecified atom stereocenters. The number of nitrogens with two attached hydrogens (primary N) is 1. The van der Waals surface area contributed by atoms with E-state index in [0.717, 1.165) is 17.0 Å². The number of hydrogen-bond donors (Lipinski definition) is 1. The van der Waals surface area contributed by atoms with Crippen molar-refractivity contribution < 1.29 is 26.3 Å². The summed E-state index contributed by atoms with van der Waals surface area (Å²) in [6.07, 6.45) is -8.75. The largest absolute Gasteiger partial charge is 0.416 e. The quantitative estimate of drug-likeness (QED) is 0.834. The summed E-state index contributed by atoms with van der Waals surface area (Å²) in [6.45, 7) is 0.0450. The molecule has 0 aromatic heterocycles. The molecule has 8 heteroatoms. The molecule has 0 amide bonds. The Morgan fingerprint density at radius 1 is 1.10 bits per heavy atom. The number of anilines is 1. The van der Waals surface area contributed by atoms with Gasteiger partial charge in [-0.25, -0.2) is 0 Å². The van der Waals surface area contributed by atoms with Crippen LogP contribution in [0, 0.1) is 0 Å². The zero-order valence-electron chi connectivity index (χ0n) is 11.4. The van der Waals surface area contributed by atoms with Crippen LogP contribution in [0.3, 0.4) is 0 Å². The van der Waals surface area contributed by atoms with Crippen LogP contribution < -0.4 is 10.6 Å². The van der Waals surface area contributed by atoms with Gasteiger partial charge in [-0.2, -0.15) is 26.3 Å². The Morgan fingerprint density at radius 3 is 2.14 bits per heavy atom. The summed E-state index contributed by atoms with van der Waals surface area (Å²) in [7, 11) is 0. The predicted octanol–water partition coefficient (Wildman–Crippen LogP) is 3.94. The smallest absolute Gasteiger partial charge is 0.363 e. The summed E-state index contributed by atoms with van der Waals surface area (Å²) in [4.78, 5) is 0.884. The van der Waals surface area contributed by atoms with Crippen molar-refractivity contribution in [3.05, 3.63) is 29.3 Å². The molecule has 2 nitrogen and oxygen atoms in total. The monoisotopic (exact) mass is 314 g/mol. The molecule has 0 bridgehead atoms. The molecule has 0 heterocycles. The Bertz CT molecular complexity index is 467. The summed E-state index contributed by atoms with van der Waals surface area (Å²) in [5.74, 6) is 0. The van der Waals surface area contributed by atoms with Gasteiger partial charge in [-0.05, 0) is 24.1 Å². The van der Waals surface area contributed by atoms with Crippen molar-refractivity contribution in [2.75, 3.05) is 18.0 Å². The van der Waals surface area contributed by atoms with E-state index >= 15 is 0 Å². The molecule has 0 atom stereocenters. The number of halogens is 6. The van der Waals surface area contributed by atoms with Crippen molar-refractivity contribution in [1.29, 1.82) is 0 Å². The number of benzene rings is 1. The molecule has 0 saturated heterocycles. The average molecular weight is 314 g/mol. The van der Waals surface area contributed by atoms with Crippen molar-refractivity contribution in [3.8, 4) is 0 Å². The molecule has 0 aliphatic rings. The first-order chi connectivity index (χ1) is 9.58. The highest BCUT2D eigenvalue weighted by molar-refractivity contribution is 5.52. The van der Waals surface area contributed by atoms with Gasteiger partial charge in [0.2, 0.25) is 0 Å². The normalized spacial score (nSPS) is 12.6. The number of rotatable bonds is 5. The molecule has 2 N–H and O–H groups in total. The zero-order chi connectivity index (χ0) is 16.3. The van der Waals surface area contributed by atoms with Crippen molar-refractivity contribution in [1.82, 2.24) is 0 Å². The Kier molecular flexibility index (Phi) is 5.49. The van der Waals surface area contributed by atoms with Crippen LogP contribution in [-0.2, 0) is 12.7 Å². The van der Waals surface area contributed by atoms with Gasteiger partial charge in [0.15, 0.2) is 0 Å². The molecule has 21 heavy (non-hydrogen) atoms. The average Bonchev–Trinajstić information content (AvgIpc) is 2.35. The maximum atomic E-state index is 12.9. The SMILES string of the molecule is CCCN(CC(F)(F)F)c1ccc(CN)c(C(F)(F)F)c1. The van der Waals surface area contributed by atoms with Gasteiger partial charge >= 0.3 is 12.4 Å². The van der Waals surface area contributed by atoms with Gasteiger partial charge in [-0.1, -0.05) is 13.0 Å². The predicted molar refractivity (Wildman–Crippen MR) is 67.9 cm³/mol. The first-order valence-corrected chi connectivity index (χ1v) is 6.30. The van der Waals surface area contributed by atoms with E-state index in [1.165, 1.54) is 6.07 Å². The molecule has 1 aromatic carbocycles. The van der Waals surface area contributed by atoms with Gasteiger partial charge in [0, 0.05) is 18.8 Å². The minimum atomic E-state index is -4.65. The van der Waals surface area contributed by atoms with Crippen LogP contribution in [0.25, 0.3) is 0 Å². The van der Waals surface area contributed by atoms with E-state index < -0.39 is 24.5 Å². The second-order valence-electron chi connectivity index (χ2n) is 4.58. The Balaban J connectivity index is 3.21. The zero-order valence-corrected chi connectivity index (χ0v) is 11.4. The summed E-state index contributed by atoms with van der Waals surface area (Å²) in [5.41, 5.74) is 3.99. The van der Waals surface area contributed by atoms with Crippen molar-refractivity contribution in [2.24, 2.45) is 5.73 Å². The topological polar surface area (TPSA) is 29.3 Å². The van der Waals surface area contributed by atoms with Gasteiger partial charge in [0.25, 0.3) is 0 Å². The van der Waals surface area contributed by atoms with Crippen molar-refractivity contribution in [2.45, 2.75) is 32.2 Å². The number of hydrogen-bond acceptors (Lipinski definition) is 2. The highest BCUT2D eigenvalue weighted by Gasteiger charge is 2.35. The van der Waals surface area contributed by atoms with Gasteiger partial charge in [-0.3, -0.25) is 0 Å². The maximum Gasteiger partial charge on any atom is 0.416 e. The third kappa shape index (κ3) is 5.11. The summed E-state index contributed by atoms with van der Waals surface area (Å²) in [6, 6.07) is 3.08. The van der Waals surface area contributed by atoms with Gasteiger partial charge in [-0.15, -0.1) is 0 Å². The summed E-state index contributed by atoms with van der Waals surface area (Å²) >= 11 is 0. The maximum absolute atomic E-state index is 12.9. The summed E-state index contributed by atoms with van der Waals surface area (Å²) in [5, 5.41) is 0. The fourth-order valence-electron chi connectivity index (χ4n) is 1.99. The third-order valence-electron chi connectivity index (χ3n) is 2.85. The second-order valence-corrected chi connectivity index (χ2v) is 4.58. The van der Waals surface area contributed by atoms with E-state index in [1.807, 2.05) is 0 Å². The van der Waals surface area contributed by atoms with Crippen LogP contribution in [0.5, 0.6) is 0 Å². The van der Waals surface area contributed by atoms with Gasteiger partial charge < -0.3 is 10.6 Å². The molecule has 0 spiro atoms. The molecule has 120 valence electrons. The van der Waals surface area contributed by atoms with E-state index in [-0.39, 0.29) is 24.3 Å². The molecular weight excluding hydrogens is 298 g/mol. The Labute approximate surface area is 118 Å². The van der Waals surface area contributed by atoms with E-state index in [4.69, 9.17) is 5.73 Å². The Morgan fingerprint density at radius 2 is 1.71 bits per heavy atom. The highest BCUT2D eigenvalue weighted by Crippen LogP contribution is 2.35. The lowest BCUT2D eigenvalue weighted by Gasteiger charge is -2.26. The molecule has 1 aromatic rings. The first-order valence-electron chi connectivity index (χ1n) is 6.30. The lowest BCUT2D eigenvalue weighted by Crippen LogP contribution is -2.35. The van der Waals surface area contributed by atoms with E-state index in [0.29, 0.717) is 6.42 Å². The van der Waals surface area contributed by atoms with E-state index in [2.05, 4.69) is 0 Å². The molecule has 1 rings (SSSR count). The van der Waals surface area contributed by atoms with Crippen molar-refractivity contribution in [3.63, 3.8) is 0 Å². The van der Waals surface area contributed by atoms with Gasteiger partial charge in [0.05, 0.1) is 5.56 Å². The molecule has 0 aliphatic heterocycles. The molecule has 0 fully saturated rings. The van der Waals surface area contributed by atoms with Crippen LogP contribution in [-0.4, -0.2) is 19.3 Å². The second kappa shape index (κ2) is 6.55. The minimum Gasteiger partial charge on any atom is -0.363 e. The van der Waals surface area contributed by atoms with Crippen molar-refractivity contribution >= 4 is 5.69 Å². The molecule has 0 saturated carbocycles. The minimum absolute atomic E-state index is 0.0127. The number of alkyl halides is 6. The number of nitrogens with zero attached hydrogens (tertiary/aromatic N) is 1. The van der Waals surface area contributed by atoms with Crippen LogP contribution in [0.1, 0.15) is 24.5 Å².